The van der Waals surface area contributed by atoms with Crippen LogP contribution in [-0.4, -0.2) is 13.2 Å². The molecule has 102 valence electrons. The normalized spacial score (nSPS) is 9.80. The molecule has 0 aliphatic heterocycles. The van der Waals surface area contributed by atoms with Crippen LogP contribution in [0.3, 0.4) is 0 Å². The Labute approximate surface area is 132 Å². The lowest BCUT2D eigenvalue weighted by atomic mass is 10.2. The summed E-state index contributed by atoms with van der Waals surface area (Å²) in [5.41, 5.74) is 0.995. The Morgan fingerprint density at radius 2 is 1.65 bits per heavy atom. The van der Waals surface area contributed by atoms with Crippen molar-refractivity contribution >= 4 is 22.6 Å². The van der Waals surface area contributed by atoms with E-state index in [1.165, 1.54) is 0 Å². The topological polar surface area (TPSA) is 42.2 Å². The Morgan fingerprint density at radius 3 is 2.35 bits per heavy atom. The SMILES string of the molecule is N#CCc1ccc(OCCOc2ccccc2I)cc1. The van der Waals surface area contributed by atoms with Crippen LogP contribution < -0.4 is 9.47 Å². The molecule has 2 aromatic carbocycles. The van der Waals surface area contributed by atoms with Crippen molar-refractivity contribution in [3.8, 4) is 17.6 Å². The van der Waals surface area contributed by atoms with Crippen molar-refractivity contribution in [2.75, 3.05) is 13.2 Å². The lowest BCUT2D eigenvalue weighted by Gasteiger charge is -2.09. The first kappa shape index (κ1) is 14.7. The largest absolute Gasteiger partial charge is 0.490 e. The number of hydrogen-bond donors (Lipinski definition) is 0. The fraction of sp³-hybridized carbons (Fsp3) is 0.188. The number of nitriles is 1. The number of benzene rings is 2. The van der Waals surface area contributed by atoms with Crippen LogP contribution in [0.1, 0.15) is 5.56 Å². The minimum atomic E-state index is 0.426. The van der Waals surface area contributed by atoms with Crippen molar-refractivity contribution < 1.29 is 9.47 Å². The van der Waals surface area contributed by atoms with Gasteiger partial charge in [0, 0.05) is 0 Å². The van der Waals surface area contributed by atoms with E-state index in [4.69, 9.17) is 14.7 Å². The van der Waals surface area contributed by atoms with Crippen molar-refractivity contribution in [2.45, 2.75) is 6.42 Å². The summed E-state index contributed by atoms with van der Waals surface area (Å²) in [6.45, 7) is 0.989. The Bertz CT molecular complexity index is 590. The maximum atomic E-state index is 8.59. The molecule has 0 N–H and O–H groups in total. The Kier molecular flexibility index (Phi) is 5.69. The molecule has 0 unspecified atom stereocenters. The Hall–Kier alpha value is -1.74. The van der Waals surface area contributed by atoms with Gasteiger partial charge in [0.25, 0.3) is 0 Å². The number of hydrogen-bond acceptors (Lipinski definition) is 3. The standard InChI is InChI=1S/C16H14INO2/c17-15-3-1-2-4-16(15)20-12-11-19-14-7-5-13(6-8-14)9-10-18/h1-8H,9,11-12H2. The molecule has 0 aliphatic carbocycles. The van der Waals surface area contributed by atoms with E-state index in [1.807, 2.05) is 48.5 Å². The minimum Gasteiger partial charge on any atom is -0.490 e. The highest BCUT2D eigenvalue weighted by Gasteiger charge is 1.99. The van der Waals surface area contributed by atoms with E-state index in [2.05, 4.69) is 28.7 Å². The summed E-state index contributed by atoms with van der Waals surface area (Å²) in [4.78, 5) is 0. The smallest absolute Gasteiger partial charge is 0.132 e. The molecule has 0 spiro atoms. The van der Waals surface area contributed by atoms with Gasteiger partial charge in [-0.3, -0.25) is 0 Å². The predicted molar refractivity (Wildman–Crippen MR) is 85.9 cm³/mol. The predicted octanol–water partition coefficient (Wildman–Crippen LogP) is 3.82. The zero-order valence-electron chi connectivity index (χ0n) is 10.9. The molecule has 0 saturated heterocycles. The fourth-order valence-corrected chi connectivity index (χ4v) is 2.21. The molecule has 0 aromatic heterocycles. The quantitative estimate of drug-likeness (QED) is 0.566. The van der Waals surface area contributed by atoms with Gasteiger partial charge in [-0.1, -0.05) is 24.3 Å². The molecule has 20 heavy (non-hydrogen) atoms. The van der Waals surface area contributed by atoms with Crippen LogP contribution in [0.4, 0.5) is 0 Å². The van der Waals surface area contributed by atoms with Crippen LogP contribution in [-0.2, 0) is 6.42 Å². The van der Waals surface area contributed by atoms with Gasteiger partial charge in [-0.25, -0.2) is 0 Å². The van der Waals surface area contributed by atoms with Gasteiger partial charge in [-0.15, -0.1) is 0 Å². The Balaban J connectivity index is 1.76. The van der Waals surface area contributed by atoms with Crippen molar-refractivity contribution in [1.29, 1.82) is 5.26 Å². The van der Waals surface area contributed by atoms with Crippen molar-refractivity contribution in [1.82, 2.24) is 0 Å². The highest BCUT2D eigenvalue weighted by atomic mass is 127. The third-order valence-corrected chi connectivity index (χ3v) is 3.54. The lowest BCUT2D eigenvalue weighted by molar-refractivity contribution is 0.216. The molecule has 0 amide bonds. The molecule has 0 atom stereocenters. The summed E-state index contributed by atoms with van der Waals surface area (Å²) in [5, 5.41) is 8.59. The van der Waals surface area contributed by atoms with E-state index in [9.17, 15) is 0 Å². The lowest BCUT2D eigenvalue weighted by Crippen LogP contribution is -2.09. The third-order valence-electron chi connectivity index (χ3n) is 2.65. The molecule has 2 aromatic rings. The number of para-hydroxylation sites is 1. The van der Waals surface area contributed by atoms with Crippen LogP contribution >= 0.6 is 22.6 Å². The summed E-state index contributed by atoms with van der Waals surface area (Å²) >= 11 is 2.24. The second-order valence-corrected chi connectivity index (χ2v) is 5.27. The number of halogens is 1. The summed E-state index contributed by atoms with van der Waals surface area (Å²) in [7, 11) is 0. The van der Waals surface area contributed by atoms with Crippen LogP contribution in [0.2, 0.25) is 0 Å². The molecule has 0 fully saturated rings. The van der Waals surface area contributed by atoms with Gasteiger partial charge in [0.15, 0.2) is 0 Å². The number of nitrogens with zero attached hydrogens (tertiary/aromatic N) is 1. The van der Waals surface area contributed by atoms with Crippen LogP contribution in [0.25, 0.3) is 0 Å². The van der Waals surface area contributed by atoms with Crippen LogP contribution in [0.5, 0.6) is 11.5 Å². The summed E-state index contributed by atoms with van der Waals surface area (Å²) in [6, 6.07) is 17.5. The van der Waals surface area contributed by atoms with E-state index >= 15 is 0 Å². The molecule has 2 rings (SSSR count). The molecule has 0 aliphatic rings. The van der Waals surface area contributed by atoms with Gasteiger partial charge in [0.05, 0.1) is 16.1 Å². The average Bonchev–Trinajstić information content (AvgIpc) is 2.47. The van der Waals surface area contributed by atoms with E-state index in [0.29, 0.717) is 19.6 Å². The molecule has 0 saturated carbocycles. The van der Waals surface area contributed by atoms with Gasteiger partial charge in [0.1, 0.15) is 24.7 Å². The maximum Gasteiger partial charge on any atom is 0.132 e. The minimum absolute atomic E-state index is 0.426. The molecular formula is C16H14INO2. The van der Waals surface area contributed by atoms with Crippen molar-refractivity contribution in [2.24, 2.45) is 0 Å². The van der Waals surface area contributed by atoms with Crippen LogP contribution in [0, 0.1) is 14.9 Å². The summed E-state index contributed by atoms with van der Waals surface area (Å²) < 4.78 is 12.3. The molecule has 0 bridgehead atoms. The third kappa shape index (κ3) is 4.42. The molecule has 0 heterocycles. The summed E-state index contributed by atoms with van der Waals surface area (Å²) in [6.07, 6.45) is 0.426. The van der Waals surface area contributed by atoms with Gasteiger partial charge in [-0.05, 0) is 52.4 Å². The molecular weight excluding hydrogens is 365 g/mol. The highest BCUT2D eigenvalue weighted by molar-refractivity contribution is 14.1. The zero-order valence-corrected chi connectivity index (χ0v) is 13.0. The second-order valence-electron chi connectivity index (χ2n) is 4.11. The first-order chi connectivity index (χ1) is 9.79. The number of ether oxygens (including phenoxy) is 2. The van der Waals surface area contributed by atoms with E-state index in [-0.39, 0.29) is 0 Å². The molecule has 3 nitrogen and oxygen atoms in total. The highest BCUT2D eigenvalue weighted by Crippen LogP contribution is 2.19. The monoisotopic (exact) mass is 379 g/mol. The van der Waals surface area contributed by atoms with E-state index in [1.54, 1.807) is 0 Å². The average molecular weight is 379 g/mol. The second kappa shape index (κ2) is 7.75. The first-order valence-corrected chi connectivity index (χ1v) is 7.33. The van der Waals surface area contributed by atoms with Crippen molar-refractivity contribution in [3.63, 3.8) is 0 Å². The van der Waals surface area contributed by atoms with Crippen molar-refractivity contribution in [3.05, 3.63) is 57.7 Å². The van der Waals surface area contributed by atoms with E-state index in [0.717, 1.165) is 20.6 Å². The number of rotatable bonds is 6. The first-order valence-electron chi connectivity index (χ1n) is 6.25. The molecule has 4 heteroatoms. The molecule has 0 radical (unpaired) electrons. The Morgan fingerprint density at radius 1 is 0.950 bits per heavy atom. The van der Waals surface area contributed by atoms with Gasteiger partial charge >= 0.3 is 0 Å². The summed E-state index contributed by atoms with van der Waals surface area (Å²) in [5.74, 6) is 1.67. The maximum absolute atomic E-state index is 8.59. The van der Waals surface area contributed by atoms with Gasteiger partial charge < -0.3 is 9.47 Å². The van der Waals surface area contributed by atoms with Gasteiger partial charge in [0.2, 0.25) is 0 Å². The van der Waals surface area contributed by atoms with Gasteiger partial charge in [-0.2, -0.15) is 5.26 Å². The van der Waals surface area contributed by atoms with E-state index < -0.39 is 0 Å². The fourth-order valence-electron chi connectivity index (χ4n) is 1.67. The zero-order chi connectivity index (χ0) is 14.2. The van der Waals surface area contributed by atoms with Crippen LogP contribution in [0.15, 0.2) is 48.5 Å².